The van der Waals surface area contributed by atoms with Crippen LogP contribution in [0.3, 0.4) is 0 Å². The molecule has 2 N–H and O–H groups in total. The molecule has 0 saturated carbocycles. The Morgan fingerprint density at radius 3 is 2.68 bits per heavy atom. The highest BCUT2D eigenvalue weighted by atomic mass is 19.1. The Labute approximate surface area is 146 Å². The van der Waals surface area contributed by atoms with Gasteiger partial charge in [0.2, 0.25) is 0 Å². The third-order valence-corrected chi connectivity index (χ3v) is 3.93. The molecule has 1 atom stereocenters. The number of ether oxygens (including phenoxy) is 2. The van der Waals surface area contributed by atoms with Crippen molar-refractivity contribution in [2.45, 2.75) is 12.5 Å². The van der Waals surface area contributed by atoms with Gasteiger partial charge in [-0.1, -0.05) is 30.3 Å². The number of rotatable bonds is 5. The summed E-state index contributed by atoms with van der Waals surface area (Å²) in [7, 11) is 1.70. The molecule has 0 amide bonds. The molecule has 6 heteroatoms. The molecule has 0 aliphatic carbocycles. The topological polar surface area (TPSA) is 54.9 Å². The predicted octanol–water partition coefficient (Wildman–Crippen LogP) is 2.37. The Kier molecular flexibility index (Phi) is 5.72. The van der Waals surface area contributed by atoms with Crippen LogP contribution in [0.5, 0.6) is 11.5 Å². The second-order valence-electron chi connectivity index (χ2n) is 5.72. The first-order valence-corrected chi connectivity index (χ1v) is 8.32. The van der Waals surface area contributed by atoms with Crippen molar-refractivity contribution in [1.82, 2.24) is 10.6 Å². The Hall–Kier alpha value is -2.76. The van der Waals surface area contributed by atoms with E-state index in [2.05, 4.69) is 15.6 Å². The minimum atomic E-state index is -0.182. The molecular formula is C19H22FN3O2. The second-order valence-corrected chi connectivity index (χ2v) is 5.72. The van der Waals surface area contributed by atoms with Gasteiger partial charge in [-0.25, -0.2) is 4.39 Å². The molecule has 0 saturated heterocycles. The van der Waals surface area contributed by atoms with Crippen LogP contribution in [-0.4, -0.2) is 38.8 Å². The van der Waals surface area contributed by atoms with Gasteiger partial charge >= 0.3 is 0 Å². The summed E-state index contributed by atoms with van der Waals surface area (Å²) in [5.41, 5.74) is 0.686. The van der Waals surface area contributed by atoms with Crippen molar-refractivity contribution < 1.29 is 13.9 Å². The van der Waals surface area contributed by atoms with Crippen molar-refractivity contribution >= 4 is 5.96 Å². The zero-order chi connectivity index (χ0) is 17.5. The van der Waals surface area contributed by atoms with Crippen LogP contribution < -0.4 is 20.1 Å². The SMILES string of the molecule is CN=C(NCCc1ccccc1F)NCC1COc2ccccc2O1. The van der Waals surface area contributed by atoms with Crippen LogP contribution in [0, 0.1) is 5.82 Å². The molecule has 25 heavy (non-hydrogen) atoms. The maximum Gasteiger partial charge on any atom is 0.191 e. The van der Waals surface area contributed by atoms with E-state index in [0.717, 1.165) is 11.5 Å². The summed E-state index contributed by atoms with van der Waals surface area (Å²) in [6.45, 7) is 1.63. The van der Waals surface area contributed by atoms with E-state index in [1.165, 1.54) is 6.07 Å². The molecule has 5 nitrogen and oxygen atoms in total. The molecule has 3 rings (SSSR count). The molecule has 1 aliphatic rings. The van der Waals surface area contributed by atoms with Crippen molar-refractivity contribution in [1.29, 1.82) is 0 Å². The zero-order valence-corrected chi connectivity index (χ0v) is 14.2. The fourth-order valence-electron chi connectivity index (χ4n) is 2.61. The van der Waals surface area contributed by atoms with Gasteiger partial charge in [0, 0.05) is 13.6 Å². The summed E-state index contributed by atoms with van der Waals surface area (Å²) in [5, 5.41) is 6.39. The fourth-order valence-corrected chi connectivity index (χ4v) is 2.61. The van der Waals surface area contributed by atoms with E-state index in [1.807, 2.05) is 30.3 Å². The lowest BCUT2D eigenvalue weighted by atomic mass is 10.1. The maximum absolute atomic E-state index is 13.6. The van der Waals surface area contributed by atoms with Crippen molar-refractivity contribution in [2.75, 3.05) is 26.7 Å². The third kappa shape index (κ3) is 4.62. The first-order valence-electron chi connectivity index (χ1n) is 8.32. The number of para-hydroxylation sites is 2. The lowest BCUT2D eigenvalue weighted by molar-refractivity contribution is 0.0936. The van der Waals surface area contributed by atoms with E-state index in [4.69, 9.17) is 9.47 Å². The number of hydrogen-bond donors (Lipinski definition) is 2. The summed E-state index contributed by atoms with van der Waals surface area (Å²) in [6, 6.07) is 14.4. The highest BCUT2D eigenvalue weighted by Gasteiger charge is 2.20. The fraction of sp³-hybridized carbons (Fsp3) is 0.316. The number of benzene rings is 2. The Balaban J connectivity index is 1.43. The monoisotopic (exact) mass is 343 g/mol. The molecule has 0 radical (unpaired) electrons. The predicted molar refractivity (Wildman–Crippen MR) is 95.8 cm³/mol. The summed E-state index contributed by atoms with van der Waals surface area (Å²) in [4.78, 5) is 4.17. The van der Waals surface area contributed by atoms with Crippen LogP contribution in [0.4, 0.5) is 4.39 Å². The number of nitrogens with one attached hydrogen (secondary N) is 2. The van der Waals surface area contributed by atoms with E-state index in [1.54, 1.807) is 19.2 Å². The highest BCUT2D eigenvalue weighted by Crippen LogP contribution is 2.30. The Bertz CT molecular complexity index is 736. The van der Waals surface area contributed by atoms with Gasteiger partial charge in [-0.3, -0.25) is 4.99 Å². The van der Waals surface area contributed by atoms with E-state index in [-0.39, 0.29) is 11.9 Å². The van der Waals surface area contributed by atoms with Crippen molar-refractivity contribution in [3.05, 3.63) is 59.9 Å². The molecule has 0 fully saturated rings. The van der Waals surface area contributed by atoms with Gasteiger partial charge in [0.1, 0.15) is 18.5 Å². The smallest absolute Gasteiger partial charge is 0.191 e. The number of nitrogens with zero attached hydrogens (tertiary/aromatic N) is 1. The second kappa shape index (κ2) is 8.37. The van der Waals surface area contributed by atoms with Gasteiger partial charge in [0.25, 0.3) is 0 Å². The summed E-state index contributed by atoms with van der Waals surface area (Å²) in [5.74, 6) is 1.99. The number of halogens is 1. The van der Waals surface area contributed by atoms with Gasteiger partial charge in [0.15, 0.2) is 17.5 Å². The van der Waals surface area contributed by atoms with Crippen LogP contribution in [0.25, 0.3) is 0 Å². The number of hydrogen-bond acceptors (Lipinski definition) is 3. The average molecular weight is 343 g/mol. The first kappa shape index (κ1) is 17.1. The van der Waals surface area contributed by atoms with Gasteiger partial charge in [-0.15, -0.1) is 0 Å². The standard InChI is InChI=1S/C19H22FN3O2/c1-21-19(22-11-10-14-6-2-3-7-16(14)20)23-12-15-13-24-17-8-4-5-9-18(17)25-15/h2-9,15H,10-13H2,1H3,(H2,21,22,23). The summed E-state index contributed by atoms with van der Waals surface area (Å²) in [6.07, 6.45) is 0.490. The lowest BCUT2D eigenvalue weighted by Gasteiger charge is -2.27. The van der Waals surface area contributed by atoms with Crippen LogP contribution in [0.15, 0.2) is 53.5 Å². The largest absolute Gasteiger partial charge is 0.486 e. The van der Waals surface area contributed by atoms with E-state index < -0.39 is 0 Å². The summed E-state index contributed by atoms with van der Waals surface area (Å²) >= 11 is 0. The van der Waals surface area contributed by atoms with Crippen molar-refractivity contribution in [3.8, 4) is 11.5 Å². The van der Waals surface area contributed by atoms with Crippen LogP contribution in [0.2, 0.25) is 0 Å². The van der Waals surface area contributed by atoms with Crippen molar-refractivity contribution in [3.63, 3.8) is 0 Å². The minimum Gasteiger partial charge on any atom is -0.486 e. The average Bonchev–Trinajstić information content (AvgIpc) is 2.65. The van der Waals surface area contributed by atoms with Crippen LogP contribution in [0.1, 0.15) is 5.56 Å². The lowest BCUT2D eigenvalue weighted by Crippen LogP contribution is -2.45. The van der Waals surface area contributed by atoms with Gasteiger partial charge in [0.05, 0.1) is 6.54 Å². The zero-order valence-electron chi connectivity index (χ0n) is 14.2. The van der Waals surface area contributed by atoms with Crippen molar-refractivity contribution in [2.24, 2.45) is 4.99 Å². The molecule has 132 valence electrons. The van der Waals surface area contributed by atoms with Gasteiger partial charge in [-0.05, 0) is 30.2 Å². The molecule has 0 bridgehead atoms. The van der Waals surface area contributed by atoms with E-state index in [9.17, 15) is 4.39 Å². The quantitative estimate of drug-likeness (QED) is 0.646. The summed E-state index contributed by atoms with van der Waals surface area (Å²) < 4.78 is 25.2. The van der Waals surface area contributed by atoms with E-state index in [0.29, 0.717) is 37.6 Å². The van der Waals surface area contributed by atoms with Crippen LogP contribution in [-0.2, 0) is 6.42 Å². The number of guanidine groups is 1. The molecule has 0 spiro atoms. The molecule has 1 aliphatic heterocycles. The number of aliphatic imine (C=N–C) groups is 1. The van der Waals surface area contributed by atoms with Crippen LogP contribution >= 0.6 is 0 Å². The van der Waals surface area contributed by atoms with E-state index >= 15 is 0 Å². The Morgan fingerprint density at radius 1 is 1.12 bits per heavy atom. The van der Waals surface area contributed by atoms with Gasteiger partial charge < -0.3 is 20.1 Å². The van der Waals surface area contributed by atoms with Gasteiger partial charge in [-0.2, -0.15) is 0 Å². The molecule has 1 heterocycles. The Morgan fingerprint density at radius 2 is 1.88 bits per heavy atom. The third-order valence-electron chi connectivity index (χ3n) is 3.93. The molecular weight excluding hydrogens is 321 g/mol. The molecule has 2 aromatic carbocycles. The highest BCUT2D eigenvalue weighted by molar-refractivity contribution is 5.79. The molecule has 1 unspecified atom stereocenters. The first-order chi connectivity index (χ1) is 12.3. The molecule has 0 aromatic heterocycles. The minimum absolute atomic E-state index is 0.0972. The maximum atomic E-state index is 13.6. The number of fused-ring (bicyclic) bond motifs is 1. The molecule has 2 aromatic rings. The normalized spacial score (nSPS) is 16.4.